The molecule has 0 amide bonds. The zero-order valence-electron chi connectivity index (χ0n) is 7.01. The predicted molar refractivity (Wildman–Crippen MR) is 52.0 cm³/mol. The van der Waals surface area contributed by atoms with Crippen LogP contribution in [0.1, 0.15) is 45.4 Å². The standard InChI is InChI=1S/C8H16O3.Al.3H/c1-2-3-4-5-6-7-8(9)11-10;;;;/h10H,2-7H2,1H3;;;;. The van der Waals surface area contributed by atoms with Gasteiger partial charge >= 0.3 is 5.97 Å². The zero-order chi connectivity index (χ0) is 8.53. The summed E-state index contributed by atoms with van der Waals surface area (Å²) >= 11 is 0. The molecule has 0 heterocycles. The normalized spacial score (nSPS) is 8.83. The van der Waals surface area contributed by atoms with Crippen LogP contribution in [0, 0.1) is 0 Å². The first kappa shape index (κ1) is 14.5. The first-order valence-electron chi connectivity index (χ1n) is 4.15. The van der Waals surface area contributed by atoms with Crippen molar-refractivity contribution in [3.63, 3.8) is 0 Å². The molecule has 0 aliphatic rings. The number of rotatable bonds is 6. The van der Waals surface area contributed by atoms with Gasteiger partial charge < -0.3 is 4.89 Å². The average molecular weight is 190 g/mol. The summed E-state index contributed by atoms with van der Waals surface area (Å²) in [7, 11) is 0. The van der Waals surface area contributed by atoms with Gasteiger partial charge in [0.2, 0.25) is 0 Å². The van der Waals surface area contributed by atoms with Crippen LogP contribution >= 0.6 is 0 Å². The molecule has 0 bridgehead atoms. The van der Waals surface area contributed by atoms with E-state index in [0.717, 1.165) is 19.3 Å². The Kier molecular flexibility index (Phi) is 13.2. The van der Waals surface area contributed by atoms with E-state index < -0.39 is 5.97 Å². The molecule has 0 atom stereocenters. The van der Waals surface area contributed by atoms with Crippen molar-refractivity contribution in [2.24, 2.45) is 0 Å². The van der Waals surface area contributed by atoms with E-state index in [9.17, 15) is 4.79 Å². The molecule has 0 saturated carbocycles. The van der Waals surface area contributed by atoms with Gasteiger partial charge in [0.05, 0.1) is 0 Å². The number of hydrogen-bond donors (Lipinski definition) is 1. The Morgan fingerprint density at radius 3 is 2.33 bits per heavy atom. The molecule has 0 saturated heterocycles. The SMILES string of the molecule is CCCCCCCC(=O)OO.[AlH3]. The zero-order valence-corrected chi connectivity index (χ0v) is 7.01. The Hall–Kier alpha value is -0.0375. The van der Waals surface area contributed by atoms with Crippen LogP contribution in [0.2, 0.25) is 0 Å². The first-order chi connectivity index (χ1) is 5.31. The Bertz CT molecular complexity index is 106. The molecule has 0 unspecified atom stereocenters. The molecule has 0 aliphatic heterocycles. The Morgan fingerprint density at radius 2 is 1.83 bits per heavy atom. The molecule has 3 nitrogen and oxygen atoms in total. The van der Waals surface area contributed by atoms with Crippen molar-refractivity contribution in [1.82, 2.24) is 0 Å². The maximum atomic E-state index is 10.4. The van der Waals surface area contributed by atoms with Crippen LogP contribution in [0.25, 0.3) is 0 Å². The fourth-order valence-corrected chi connectivity index (χ4v) is 0.919. The number of carbonyl (C=O) groups is 1. The van der Waals surface area contributed by atoms with Gasteiger partial charge in [0.25, 0.3) is 0 Å². The van der Waals surface area contributed by atoms with E-state index in [1.165, 1.54) is 12.8 Å². The highest BCUT2D eigenvalue weighted by Gasteiger charge is 1.99. The molecule has 0 spiro atoms. The summed E-state index contributed by atoms with van der Waals surface area (Å²) in [4.78, 5) is 13.9. The van der Waals surface area contributed by atoms with Crippen LogP contribution in [0.3, 0.4) is 0 Å². The summed E-state index contributed by atoms with van der Waals surface area (Å²) in [5.74, 6) is -0.526. The third kappa shape index (κ3) is 9.96. The van der Waals surface area contributed by atoms with Crippen LogP contribution in [0.15, 0.2) is 0 Å². The van der Waals surface area contributed by atoms with E-state index >= 15 is 0 Å². The molecular formula is C8H19AlO3. The van der Waals surface area contributed by atoms with Gasteiger partial charge in [0.15, 0.2) is 17.4 Å². The minimum Gasteiger partial charge on any atom is -0.301 e. The van der Waals surface area contributed by atoms with Crippen LogP contribution < -0.4 is 0 Å². The quantitative estimate of drug-likeness (QED) is 0.296. The number of hydrogen-bond acceptors (Lipinski definition) is 3. The lowest BCUT2D eigenvalue weighted by molar-refractivity contribution is -0.234. The van der Waals surface area contributed by atoms with Gasteiger partial charge in [-0.25, -0.2) is 4.79 Å². The maximum absolute atomic E-state index is 10.4. The third-order valence-electron chi connectivity index (χ3n) is 1.59. The van der Waals surface area contributed by atoms with Crippen molar-refractivity contribution in [1.29, 1.82) is 0 Å². The molecule has 0 aromatic carbocycles. The monoisotopic (exact) mass is 190 g/mol. The van der Waals surface area contributed by atoms with E-state index in [1.54, 1.807) is 0 Å². The molecule has 1 N–H and O–H groups in total. The first-order valence-corrected chi connectivity index (χ1v) is 4.15. The van der Waals surface area contributed by atoms with Gasteiger partial charge in [0.1, 0.15) is 0 Å². The second-order valence-electron chi connectivity index (χ2n) is 2.63. The lowest BCUT2D eigenvalue weighted by Gasteiger charge is -1.96. The van der Waals surface area contributed by atoms with E-state index in [-0.39, 0.29) is 17.4 Å². The average Bonchev–Trinajstić information content (AvgIpc) is 2.04. The predicted octanol–water partition coefficient (Wildman–Crippen LogP) is 1.18. The molecule has 4 heteroatoms. The lowest BCUT2D eigenvalue weighted by atomic mass is 10.1. The van der Waals surface area contributed by atoms with E-state index in [4.69, 9.17) is 5.26 Å². The molecule has 0 rings (SSSR count). The van der Waals surface area contributed by atoms with Gasteiger partial charge in [-0.3, -0.25) is 0 Å². The Balaban J connectivity index is 0. The van der Waals surface area contributed by atoms with Gasteiger partial charge in [-0.2, -0.15) is 5.26 Å². The summed E-state index contributed by atoms with van der Waals surface area (Å²) in [6.45, 7) is 2.14. The van der Waals surface area contributed by atoms with E-state index in [0.29, 0.717) is 6.42 Å². The molecule has 0 radical (unpaired) electrons. The molecule has 72 valence electrons. The van der Waals surface area contributed by atoms with Crippen LogP contribution in [-0.2, 0) is 9.68 Å². The summed E-state index contributed by atoms with van der Waals surface area (Å²) in [5, 5.41) is 7.89. The van der Waals surface area contributed by atoms with Gasteiger partial charge in [0, 0.05) is 6.42 Å². The lowest BCUT2D eigenvalue weighted by Crippen LogP contribution is -1.99. The number of unbranched alkanes of at least 4 members (excludes halogenated alkanes) is 4. The van der Waals surface area contributed by atoms with Crippen LogP contribution in [0.5, 0.6) is 0 Å². The molecular weight excluding hydrogens is 171 g/mol. The minimum atomic E-state index is -0.526. The summed E-state index contributed by atoms with van der Waals surface area (Å²) in [6.07, 6.45) is 5.77. The summed E-state index contributed by atoms with van der Waals surface area (Å²) < 4.78 is 0. The van der Waals surface area contributed by atoms with Gasteiger partial charge in [-0.15, -0.1) is 0 Å². The fraction of sp³-hybridized carbons (Fsp3) is 0.875. The van der Waals surface area contributed by atoms with E-state index in [2.05, 4.69) is 11.8 Å². The van der Waals surface area contributed by atoms with Gasteiger partial charge in [-0.1, -0.05) is 32.6 Å². The molecule has 0 aromatic heterocycles. The van der Waals surface area contributed by atoms with Crippen LogP contribution in [0.4, 0.5) is 0 Å². The van der Waals surface area contributed by atoms with Crippen molar-refractivity contribution in [2.75, 3.05) is 0 Å². The van der Waals surface area contributed by atoms with Crippen molar-refractivity contribution < 1.29 is 14.9 Å². The van der Waals surface area contributed by atoms with Gasteiger partial charge in [-0.05, 0) is 6.42 Å². The van der Waals surface area contributed by atoms with Crippen molar-refractivity contribution >= 4 is 23.3 Å². The second kappa shape index (κ2) is 11.0. The highest BCUT2D eigenvalue weighted by molar-refractivity contribution is 5.75. The maximum Gasteiger partial charge on any atom is 0.342 e. The van der Waals surface area contributed by atoms with E-state index in [1.807, 2.05) is 0 Å². The Morgan fingerprint density at radius 1 is 1.25 bits per heavy atom. The molecule has 12 heavy (non-hydrogen) atoms. The highest BCUT2D eigenvalue weighted by atomic mass is 27.0. The smallest absolute Gasteiger partial charge is 0.301 e. The number of carbonyl (C=O) groups excluding carboxylic acids is 1. The van der Waals surface area contributed by atoms with Crippen molar-refractivity contribution in [3.8, 4) is 0 Å². The summed E-state index contributed by atoms with van der Waals surface area (Å²) in [5.41, 5.74) is 0. The largest absolute Gasteiger partial charge is 0.342 e. The molecule has 0 aliphatic carbocycles. The summed E-state index contributed by atoms with van der Waals surface area (Å²) in [6, 6.07) is 0. The Labute approximate surface area is 84.2 Å². The fourth-order valence-electron chi connectivity index (χ4n) is 0.919. The van der Waals surface area contributed by atoms with Crippen LogP contribution in [-0.4, -0.2) is 28.6 Å². The third-order valence-corrected chi connectivity index (χ3v) is 1.59. The second-order valence-corrected chi connectivity index (χ2v) is 2.63. The highest BCUT2D eigenvalue weighted by Crippen LogP contribution is 2.04. The molecule has 0 fully saturated rings. The van der Waals surface area contributed by atoms with Crippen molar-refractivity contribution in [2.45, 2.75) is 45.4 Å². The topological polar surface area (TPSA) is 46.5 Å². The van der Waals surface area contributed by atoms with Crippen molar-refractivity contribution in [3.05, 3.63) is 0 Å². The minimum absolute atomic E-state index is 0. The molecule has 0 aromatic rings.